The third-order valence-electron chi connectivity index (χ3n) is 4.04. The molecule has 0 radical (unpaired) electrons. The molecule has 10 heteroatoms. The third-order valence-corrected chi connectivity index (χ3v) is 4.04. The second kappa shape index (κ2) is 8.12. The molecule has 0 spiro atoms. The summed E-state index contributed by atoms with van der Waals surface area (Å²) < 4.78 is 54.4. The van der Waals surface area contributed by atoms with E-state index in [0.29, 0.717) is 5.56 Å². The Kier molecular flexibility index (Phi) is 6.30. The predicted octanol–water partition coefficient (Wildman–Crippen LogP) is 2.36. The number of nitrogens with one attached hydrogen (secondary N) is 3. The summed E-state index contributed by atoms with van der Waals surface area (Å²) in [7, 11) is 0. The summed E-state index contributed by atoms with van der Waals surface area (Å²) in [5.74, 6) is -3.04. The molecule has 2 amide bonds. The van der Waals surface area contributed by atoms with Gasteiger partial charge in [0, 0.05) is 0 Å². The van der Waals surface area contributed by atoms with Crippen LogP contribution in [0.15, 0.2) is 18.2 Å². The van der Waals surface area contributed by atoms with Crippen LogP contribution in [-0.4, -0.2) is 30.4 Å². The molecule has 1 fully saturated rings. The second-order valence-corrected chi connectivity index (χ2v) is 6.68. The van der Waals surface area contributed by atoms with Gasteiger partial charge in [-0.05, 0) is 30.5 Å². The smallest absolute Gasteiger partial charge is 0.403 e. The number of hydrogen-bond donors (Lipinski definition) is 3. The van der Waals surface area contributed by atoms with Crippen molar-refractivity contribution < 1.29 is 31.9 Å². The van der Waals surface area contributed by atoms with E-state index in [9.17, 15) is 27.2 Å². The highest BCUT2D eigenvalue weighted by Gasteiger charge is 2.33. The fourth-order valence-electron chi connectivity index (χ4n) is 2.86. The SMILES string of the molecule is CC1NC(=O)CC(C(=O)N[C@@H](c2ccc(OC(F)(F)F)c(F)c2)C(C)C)N1. The second-order valence-electron chi connectivity index (χ2n) is 6.68. The summed E-state index contributed by atoms with van der Waals surface area (Å²) >= 11 is 0. The third kappa shape index (κ3) is 5.81. The number of amides is 2. The van der Waals surface area contributed by atoms with Crippen molar-refractivity contribution in [1.82, 2.24) is 16.0 Å². The number of benzene rings is 1. The average Bonchev–Trinajstić information content (AvgIpc) is 2.52. The van der Waals surface area contributed by atoms with Gasteiger partial charge in [-0.15, -0.1) is 13.2 Å². The van der Waals surface area contributed by atoms with Crippen LogP contribution < -0.4 is 20.7 Å². The first kappa shape index (κ1) is 20.9. The lowest BCUT2D eigenvalue weighted by molar-refractivity contribution is -0.275. The number of carbonyl (C=O) groups excluding carboxylic acids is 2. The molecule has 150 valence electrons. The lowest BCUT2D eigenvalue weighted by Crippen LogP contribution is -2.59. The maximum Gasteiger partial charge on any atom is 0.573 e. The quantitative estimate of drug-likeness (QED) is 0.674. The standard InChI is InChI=1S/C17H21F4N3O3/c1-8(2)15(24-16(26)12-7-14(25)23-9(3)22-12)10-4-5-13(11(18)6-10)27-17(19,20)21/h4-6,8-9,12,15,22H,7H2,1-3H3,(H,23,25)(H,24,26)/t9?,12?,15-/m1/s1. The first-order valence-corrected chi connectivity index (χ1v) is 8.37. The highest BCUT2D eigenvalue weighted by atomic mass is 19.4. The van der Waals surface area contributed by atoms with Crippen LogP contribution >= 0.6 is 0 Å². The van der Waals surface area contributed by atoms with Crippen molar-refractivity contribution in [2.24, 2.45) is 5.92 Å². The molecule has 1 saturated heterocycles. The lowest BCUT2D eigenvalue weighted by Gasteiger charge is -2.31. The van der Waals surface area contributed by atoms with Crippen molar-refractivity contribution in [2.75, 3.05) is 0 Å². The highest BCUT2D eigenvalue weighted by molar-refractivity contribution is 5.89. The van der Waals surface area contributed by atoms with E-state index < -0.39 is 35.9 Å². The molecule has 3 atom stereocenters. The van der Waals surface area contributed by atoms with E-state index in [1.165, 1.54) is 6.07 Å². The number of ether oxygens (including phenoxy) is 1. The van der Waals surface area contributed by atoms with E-state index in [1.54, 1.807) is 20.8 Å². The monoisotopic (exact) mass is 391 g/mol. The van der Waals surface area contributed by atoms with Gasteiger partial charge >= 0.3 is 6.36 Å². The summed E-state index contributed by atoms with van der Waals surface area (Å²) in [5, 5.41) is 8.27. The van der Waals surface area contributed by atoms with Crippen LogP contribution in [0.3, 0.4) is 0 Å². The van der Waals surface area contributed by atoms with E-state index in [2.05, 4.69) is 20.7 Å². The molecular formula is C17H21F4N3O3. The van der Waals surface area contributed by atoms with Gasteiger partial charge in [0.15, 0.2) is 11.6 Å². The van der Waals surface area contributed by atoms with Crippen molar-refractivity contribution in [2.45, 2.75) is 51.8 Å². The number of carbonyl (C=O) groups is 2. The Balaban J connectivity index is 2.16. The fraction of sp³-hybridized carbons (Fsp3) is 0.529. The molecule has 0 saturated carbocycles. The molecule has 2 rings (SSSR count). The van der Waals surface area contributed by atoms with E-state index in [0.717, 1.165) is 12.1 Å². The molecule has 0 bridgehead atoms. The largest absolute Gasteiger partial charge is 0.573 e. The van der Waals surface area contributed by atoms with Gasteiger partial charge in [-0.1, -0.05) is 19.9 Å². The highest BCUT2D eigenvalue weighted by Crippen LogP contribution is 2.30. The van der Waals surface area contributed by atoms with Crippen molar-refractivity contribution in [1.29, 1.82) is 0 Å². The molecule has 1 aromatic carbocycles. The molecule has 0 aromatic heterocycles. The first-order valence-electron chi connectivity index (χ1n) is 8.37. The minimum absolute atomic E-state index is 0.0479. The van der Waals surface area contributed by atoms with Crippen LogP contribution in [0, 0.1) is 11.7 Å². The van der Waals surface area contributed by atoms with E-state index in [4.69, 9.17) is 0 Å². The van der Waals surface area contributed by atoms with Gasteiger partial charge in [-0.3, -0.25) is 14.9 Å². The van der Waals surface area contributed by atoms with Crippen LogP contribution in [0.2, 0.25) is 0 Å². The molecule has 1 aliphatic heterocycles. The molecule has 1 aliphatic rings. The van der Waals surface area contributed by atoms with E-state index >= 15 is 0 Å². The van der Waals surface area contributed by atoms with Crippen LogP contribution in [-0.2, 0) is 9.59 Å². The van der Waals surface area contributed by atoms with Crippen molar-refractivity contribution >= 4 is 11.8 Å². The molecule has 6 nitrogen and oxygen atoms in total. The molecule has 2 unspecified atom stereocenters. The van der Waals surface area contributed by atoms with Gasteiger partial charge < -0.3 is 15.4 Å². The maximum atomic E-state index is 14.0. The minimum atomic E-state index is -5.00. The average molecular weight is 391 g/mol. The van der Waals surface area contributed by atoms with E-state index in [-0.39, 0.29) is 24.4 Å². The summed E-state index contributed by atoms with van der Waals surface area (Å²) in [6, 6.07) is 1.62. The zero-order valence-corrected chi connectivity index (χ0v) is 15.0. The van der Waals surface area contributed by atoms with Gasteiger partial charge in [0.25, 0.3) is 0 Å². The summed E-state index contributed by atoms with van der Waals surface area (Å²) in [5.41, 5.74) is 0.290. The Hall–Kier alpha value is -2.36. The van der Waals surface area contributed by atoms with Gasteiger partial charge in [0.2, 0.25) is 11.8 Å². The van der Waals surface area contributed by atoms with Gasteiger partial charge in [0.05, 0.1) is 24.7 Å². The Morgan fingerprint density at radius 3 is 2.52 bits per heavy atom. The molecule has 27 heavy (non-hydrogen) atoms. The summed E-state index contributed by atoms with van der Waals surface area (Å²) in [4.78, 5) is 24.1. The maximum absolute atomic E-state index is 14.0. The summed E-state index contributed by atoms with van der Waals surface area (Å²) in [6.45, 7) is 5.23. The lowest BCUT2D eigenvalue weighted by atomic mass is 9.95. The number of rotatable bonds is 5. The fourth-order valence-corrected chi connectivity index (χ4v) is 2.86. The minimum Gasteiger partial charge on any atom is -0.403 e. The molecule has 3 N–H and O–H groups in total. The molecular weight excluding hydrogens is 370 g/mol. The Morgan fingerprint density at radius 2 is 2.00 bits per heavy atom. The van der Waals surface area contributed by atoms with Crippen molar-refractivity contribution in [3.8, 4) is 5.75 Å². The molecule has 1 aromatic rings. The van der Waals surface area contributed by atoms with Crippen molar-refractivity contribution in [3.63, 3.8) is 0 Å². The summed E-state index contributed by atoms with van der Waals surface area (Å²) in [6.07, 6.45) is -5.43. The topological polar surface area (TPSA) is 79.5 Å². The van der Waals surface area contributed by atoms with Gasteiger partial charge in [0.1, 0.15) is 0 Å². The Morgan fingerprint density at radius 1 is 1.33 bits per heavy atom. The van der Waals surface area contributed by atoms with Gasteiger partial charge in [-0.25, -0.2) is 4.39 Å². The van der Waals surface area contributed by atoms with Gasteiger partial charge in [-0.2, -0.15) is 0 Å². The predicted molar refractivity (Wildman–Crippen MR) is 88.0 cm³/mol. The normalized spacial score (nSPS) is 21.6. The zero-order chi connectivity index (χ0) is 20.4. The number of halogens is 4. The van der Waals surface area contributed by atoms with E-state index in [1.807, 2.05) is 0 Å². The molecule has 1 heterocycles. The van der Waals surface area contributed by atoms with Crippen LogP contribution in [0.5, 0.6) is 5.75 Å². The Labute approximate surface area is 153 Å². The Bertz CT molecular complexity index is 709. The number of hydrogen-bond acceptors (Lipinski definition) is 4. The number of alkyl halides is 3. The van der Waals surface area contributed by atoms with Crippen molar-refractivity contribution in [3.05, 3.63) is 29.6 Å². The van der Waals surface area contributed by atoms with Crippen LogP contribution in [0.4, 0.5) is 17.6 Å². The molecule has 0 aliphatic carbocycles. The van der Waals surface area contributed by atoms with Crippen LogP contribution in [0.25, 0.3) is 0 Å². The first-order chi connectivity index (χ1) is 12.5. The van der Waals surface area contributed by atoms with Crippen LogP contribution in [0.1, 0.15) is 38.8 Å². The zero-order valence-electron chi connectivity index (χ0n) is 15.0.